The molecule has 41 heavy (non-hydrogen) atoms. The summed E-state index contributed by atoms with van der Waals surface area (Å²) in [6.07, 6.45) is 1.85. The molecule has 0 aliphatic carbocycles. The van der Waals surface area contributed by atoms with E-state index in [0.29, 0.717) is 10.4 Å². The van der Waals surface area contributed by atoms with E-state index in [2.05, 4.69) is 4.90 Å². The van der Waals surface area contributed by atoms with E-state index in [0.717, 1.165) is 35.6 Å². The van der Waals surface area contributed by atoms with Gasteiger partial charge >= 0.3 is 0 Å². The molecule has 2 atom stereocenters. The number of likely N-dealkylation sites (tertiary alicyclic amines) is 2. The number of nitrogens with two attached hydrogens (primary N) is 1. The Morgan fingerprint density at radius 2 is 1.71 bits per heavy atom. The number of carbonyl (C=O) groups is 4. The van der Waals surface area contributed by atoms with E-state index < -0.39 is 40.5 Å². The van der Waals surface area contributed by atoms with Crippen LogP contribution in [0.15, 0.2) is 41.3 Å². The fraction of sp³-hybridized carbons (Fsp3) is 0.481. The summed E-state index contributed by atoms with van der Waals surface area (Å²) in [4.78, 5) is 52.3. The van der Waals surface area contributed by atoms with E-state index in [1.165, 1.54) is 17.0 Å². The summed E-state index contributed by atoms with van der Waals surface area (Å²) in [6, 6.07) is 7.78. The molecule has 14 heteroatoms. The molecule has 2 saturated heterocycles. The number of hydrogen-bond donors (Lipinski definition) is 2. The Labute approximate surface area is 244 Å². The lowest BCUT2D eigenvalue weighted by atomic mass is 10.0. The number of hydrogen-bond acceptors (Lipinski definition) is 7. The van der Waals surface area contributed by atoms with Gasteiger partial charge in [0.15, 0.2) is 0 Å². The second kappa shape index (κ2) is 13.6. The number of carboxylic acid groups (broad SMARTS) is 1. The number of amides is 3. The van der Waals surface area contributed by atoms with Crippen molar-refractivity contribution in [3.63, 3.8) is 0 Å². The Balaban J connectivity index is 0.00000147. The Bertz CT molecular complexity index is 1400. The molecule has 0 spiro atoms. The maximum absolute atomic E-state index is 13.7. The van der Waals surface area contributed by atoms with Crippen LogP contribution in [0.25, 0.3) is 10.8 Å². The molecule has 0 unspecified atom stereocenters. The number of piperidine rings is 1. The van der Waals surface area contributed by atoms with Crippen LogP contribution in [0, 0.1) is 0 Å². The van der Waals surface area contributed by atoms with Crippen molar-refractivity contribution >= 4 is 56.6 Å². The molecule has 0 bridgehead atoms. The highest BCUT2D eigenvalue weighted by atomic mass is 35.5. The average molecular weight is 610 g/mol. The topological polar surface area (TPSA) is 162 Å². The Morgan fingerprint density at radius 3 is 2.32 bits per heavy atom. The standard InChI is InChI=1S/C26H34ClN5O5S.CH2O2/c1-17(25(34)30(3)21-8-11-29(2)12-9-21)31-13-10-23(26(31)35)32(16-24(28)33)38(36,37)22-7-5-18-14-20(27)6-4-19(18)15-22;2-1-3/h4-7,14-15,17,21,23H,8-13,16H2,1-3H3,(H2,28,33);1H,(H,2,3)/t17-,23-;/m0./s1. The highest BCUT2D eigenvalue weighted by molar-refractivity contribution is 7.89. The van der Waals surface area contributed by atoms with Gasteiger partial charge in [-0.25, -0.2) is 8.42 Å². The zero-order valence-electron chi connectivity index (χ0n) is 23.3. The van der Waals surface area contributed by atoms with Gasteiger partial charge in [-0.2, -0.15) is 4.31 Å². The number of sulfonamides is 1. The van der Waals surface area contributed by atoms with E-state index in [1.54, 1.807) is 43.1 Å². The number of primary amides is 1. The second-order valence-electron chi connectivity index (χ2n) is 10.3. The van der Waals surface area contributed by atoms with Crippen LogP contribution >= 0.6 is 11.6 Å². The van der Waals surface area contributed by atoms with Crippen LogP contribution in [0.2, 0.25) is 5.02 Å². The number of carbonyl (C=O) groups excluding carboxylic acids is 3. The van der Waals surface area contributed by atoms with Gasteiger partial charge in [-0.3, -0.25) is 19.2 Å². The Kier molecular flexibility index (Phi) is 10.7. The SMILES string of the molecule is C[C@@H](C(=O)N(C)C1CCN(C)CC1)N1CC[C@H](N(CC(N)=O)S(=O)(=O)c2ccc3cc(Cl)ccc3c2)C1=O.O=CO. The maximum Gasteiger partial charge on any atom is 0.290 e. The normalized spacial score (nSPS) is 19.1. The van der Waals surface area contributed by atoms with Gasteiger partial charge in [0.05, 0.1) is 11.4 Å². The van der Waals surface area contributed by atoms with Crippen LogP contribution in [0.1, 0.15) is 26.2 Å². The molecule has 2 aliphatic heterocycles. The van der Waals surface area contributed by atoms with Crippen LogP contribution < -0.4 is 5.73 Å². The molecule has 2 aliphatic rings. The summed E-state index contributed by atoms with van der Waals surface area (Å²) in [5.41, 5.74) is 5.41. The van der Waals surface area contributed by atoms with Gasteiger partial charge in [0.1, 0.15) is 12.1 Å². The zero-order valence-corrected chi connectivity index (χ0v) is 24.8. The number of fused-ring (bicyclic) bond motifs is 1. The van der Waals surface area contributed by atoms with Crippen LogP contribution in [-0.2, 0) is 29.2 Å². The molecule has 2 aromatic carbocycles. The highest BCUT2D eigenvalue weighted by Gasteiger charge is 2.45. The predicted octanol–water partition coefficient (Wildman–Crippen LogP) is 1.21. The van der Waals surface area contributed by atoms with Crippen molar-refractivity contribution in [3.8, 4) is 0 Å². The van der Waals surface area contributed by atoms with Crippen molar-refractivity contribution in [1.29, 1.82) is 0 Å². The first-order chi connectivity index (χ1) is 19.3. The summed E-state index contributed by atoms with van der Waals surface area (Å²) in [5, 5.41) is 8.80. The molecule has 0 radical (unpaired) electrons. The molecule has 12 nitrogen and oxygen atoms in total. The van der Waals surface area contributed by atoms with E-state index in [9.17, 15) is 22.8 Å². The predicted molar refractivity (Wildman–Crippen MR) is 154 cm³/mol. The van der Waals surface area contributed by atoms with Gasteiger partial charge in [0.2, 0.25) is 27.7 Å². The smallest absolute Gasteiger partial charge is 0.290 e. The summed E-state index contributed by atoms with van der Waals surface area (Å²) >= 11 is 6.04. The molecule has 224 valence electrons. The highest BCUT2D eigenvalue weighted by Crippen LogP contribution is 2.29. The minimum Gasteiger partial charge on any atom is -0.483 e. The van der Waals surface area contributed by atoms with Gasteiger partial charge in [0.25, 0.3) is 6.47 Å². The average Bonchev–Trinajstić information content (AvgIpc) is 3.31. The van der Waals surface area contributed by atoms with E-state index in [4.69, 9.17) is 27.2 Å². The lowest BCUT2D eigenvalue weighted by molar-refractivity contribution is -0.145. The van der Waals surface area contributed by atoms with Gasteiger partial charge in [-0.15, -0.1) is 0 Å². The van der Waals surface area contributed by atoms with Gasteiger partial charge in [0, 0.05) is 24.7 Å². The largest absolute Gasteiger partial charge is 0.483 e. The van der Waals surface area contributed by atoms with Crippen molar-refractivity contribution in [1.82, 2.24) is 19.0 Å². The number of rotatable bonds is 8. The minimum absolute atomic E-state index is 0.0639. The third-order valence-electron chi connectivity index (χ3n) is 7.66. The fourth-order valence-electron chi connectivity index (χ4n) is 5.34. The van der Waals surface area contributed by atoms with Crippen molar-refractivity contribution < 1.29 is 32.7 Å². The van der Waals surface area contributed by atoms with E-state index >= 15 is 0 Å². The molecule has 4 rings (SSSR count). The van der Waals surface area contributed by atoms with Gasteiger partial charge < -0.3 is 25.5 Å². The van der Waals surface area contributed by atoms with Crippen LogP contribution in [0.3, 0.4) is 0 Å². The number of nitrogens with zero attached hydrogens (tertiary/aromatic N) is 4. The molecule has 0 saturated carbocycles. The number of benzene rings is 2. The minimum atomic E-state index is -4.27. The molecule has 3 N–H and O–H groups in total. The van der Waals surface area contributed by atoms with Crippen molar-refractivity contribution in [3.05, 3.63) is 41.4 Å². The molecule has 2 fully saturated rings. The summed E-state index contributed by atoms with van der Waals surface area (Å²) in [5.74, 6) is -1.58. The van der Waals surface area contributed by atoms with Crippen molar-refractivity contribution in [2.75, 3.05) is 40.3 Å². The monoisotopic (exact) mass is 609 g/mol. The number of halogens is 1. The maximum atomic E-state index is 13.7. The first-order valence-electron chi connectivity index (χ1n) is 13.1. The molecule has 3 amide bonds. The zero-order chi connectivity index (χ0) is 30.5. The van der Waals surface area contributed by atoms with Crippen LogP contribution in [-0.4, -0.2) is 115 Å². The third kappa shape index (κ3) is 7.34. The fourth-order valence-corrected chi connectivity index (χ4v) is 7.13. The second-order valence-corrected chi connectivity index (χ2v) is 12.6. The Morgan fingerprint density at radius 1 is 1.12 bits per heavy atom. The van der Waals surface area contributed by atoms with Crippen LogP contribution in [0.5, 0.6) is 0 Å². The van der Waals surface area contributed by atoms with Crippen molar-refractivity contribution in [2.24, 2.45) is 5.73 Å². The van der Waals surface area contributed by atoms with Crippen LogP contribution in [0.4, 0.5) is 0 Å². The molecule has 0 aromatic heterocycles. The summed E-state index contributed by atoms with van der Waals surface area (Å²) in [7, 11) is -0.472. The third-order valence-corrected chi connectivity index (χ3v) is 9.75. The first kappa shape index (κ1) is 32.3. The van der Waals surface area contributed by atoms with Gasteiger partial charge in [-0.05, 0) is 81.4 Å². The van der Waals surface area contributed by atoms with Gasteiger partial charge in [-0.1, -0.05) is 23.7 Å². The first-order valence-corrected chi connectivity index (χ1v) is 15.0. The van der Waals surface area contributed by atoms with Crippen molar-refractivity contribution in [2.45, 2.75) is 49.2 Å². The lowest BCUT2D eigenvalue weighted by Gasteiger charge is -2.37. The Hall–Kier alpha value is -3.26. The molecular weight excluding hydrogens is 574 g/mol. The summed E-state index contributed by atoms with van der Waals surface area (Å²) in [6.45, 7) is 2.74. The summed E-state index contributed by atoms with van der Waals surface area (Å²) < 4.78 is 28.3. The molecule has 2 aromatic rings. The quantitative estimate of drug-likeness (QED) is 0.422. The lowest BCUT2D eigenvalue weighted by Crippen LogP contribution is -2.54. The van der Waals surface area contributed by atoms with E-state index in [-0.39, 0.29) is 36.3 Å². The molecular formula is C27H36ClN5O7S. The van der Waals surface area contributed by atoms with E-state index in [1.807, 2.05) is 7.05 Å². The molecule has 2 heterocycles. The number of likely N-dealkylation sites (N-methyl/N-ethyl adjacent to an activating group) is 1.